The number of alkyl halides is 3. The number of hydrogen-bond donors (Lipinski definition) is 2. The molecule has 0 saturated heterocycles. The van der Waals surface area contributed by atoms with Gasteiger partial charge in [0.25, 0.3) is 5.56 Å². The zero-order valence-electron chi connectivity index (χ0n) is 30.0. The number of rotatable bonds is 13. The molecule has 3 heterocycles. The summed E-state index contributed by atoms with van der Waals surface area (Å²) in [6.07, 6.45) is -6.97. The summed E-state index contributed by atoms with van der Waals surface area (Å²) >= 11 is 6.75. The van der Waals surface area contributed by atoms with Gasteiger partial charge in [0.15, 0.2) is 11.5 Å². The smallest absolute Gasteiger partial charge is 0.405 e. The highest BCUT2D eigenvalue weighted by Gasteiger charge is 2.31. The number of sulfonamides is 1. The second kappa shape index (κ2) is 15.8. The van der Waals surface area contributed by atoms with Crippen LogP contribution >= 0.6 is 11.6 Å². The molecule has 0 saturated carbocycles. The molecule has 6 rings (SSSR count). The van der Waals surface area contributed by atoms with Gasteiger partial charge in [-0.3, -0.25) is 14.0 Å². The third kappa shape index (κ3) is 9.01. The van der Waals surface area contributed by atoms with Gasteiger partial charge in [-0.1, -0.05) is 23.7 Å². The van der Waals surface area contributed by atoms with Gasteiger partial charge in [0.2, 0.25) is 15.9 Å². The van der Waals surface area contributed by atoms with E-state index in [1.54, 1.807) is 24.3 Å². The van der Waals surface area contributed by atoms with E-state index in [2.05, 4.69) is 20.4 Å². The van der Waals surface area contributed by atoms with Crippen LogP contribution in [0.25, 0.3) is 27.6 Å². The Labute approximate surface area is 325 Å². The summed E-state index contributed by atoms with van der Waals surface area (Å²) in [5, 5.41) is 16.5. The van der Waals surface area contributed by atoms with Crippen LogP contribution < -0.4 is 24.7 Å². The Bertz CT molecular complexity index is 2660. The van der Waals surface area contributed by atoms with Gasteiger partial charge < -0.3 is 19.9 Å². The third-order valence-corrected chi connectivity index (χ3v) is 10.0. The quantitative estimate of drug-likeness (QED) is 0.123. The molecule has 21 heteroatoms. The predicted octanol–water partition coefficient (Wildman–Crippen LogP) is 6.46. The minimum atomic E-state index is -4.54. The molecule has 0 fully saturated rings. The van der Waals surface area contributed by atoms with Gasteiger partial charge in [-0.05, 0) is 53.6 Å². The van der Waals surface area contributed by atoms with Crippen LogP contribution in [0.2, 0.25) is 5.02 Å². The van der Waals surface area contributed by atoms with Gasteiger partial charge >= 0.3 is 12.3 Å². The summed E-state index contributed by atoms with van der Waals surface area (Å²) in [6.45, 7) is -1.01. The number of aryl methyl sites for hydroxylation is 1. The van der Waals surface area contributed by atoms with Crippen molar-refractivity contribution < 1.29 is 49.7 Å². The van der Waals surface area contributed by atoms with Crippen molar-refractivity contribution in [1.29, 1.82) is 0 Å². The lowest BCUT2D eigenvalue weighted by Crippen LogP contribution is -2.35. The summed E-state index contributed by atoms with van der Waals surface area (Å²) in [5.41, 5.74) is -0.688. The fourth-order valence-electron chi connectivity index (χ4n) is 6.14. The minimum Gasteiger partial charge on any atom is -0.497 e. The van der Waals surface area contributed by atoms with Crippen molar-refractivity contribution in [3.05, 3.63) is 111 Å². The second-order valence-electron chi connectivity index (χ2n) is 12.7. The number of halogens is 6. The molecule has 14 nitrogen and oxygen atoms in total. The average molecular weight is 836 g/mol. The lowest BCUT2D eigenvalue weighted by Gasteiger charge is -2.23. The van der Waals surface area contributed by atoms with Crippen molar-refractivity contribution in [2.75, 3.05) is 24.3 Å². The largest absolute Gasteiger partial charge is 0.497 e. The number of ether oxygens (including phenoxy) is 2. The first-order chi connectivity index (χ1) is 26.8. The van der Waals surface area contributed by atoms with Crippen molar-refractivity contribution in [3.63, 3.8) is 0 Å². The number of aromatic nitrogens is 5. The molecule has 300 valence electrons. The Balaban J connectivity index is 1.60. The van der Waals surface area contributed by atoms with Crippen LogP contribution in [0.15, 0.2) is 71.5 Å². The molecule has 6 aromatic rings. The van der Waals surface area contributed by atoms with E-state index in [-0.39, 0.29) is 62.3 Å². The number of anilines is 1. The zero-order chi connectivity index (χ0) is 41.4. The molecule has 0 unspecified atom stereocenters. The maximum Gasteiger partial charge on any atom is 0.405 e. The van der Waals surface area contributed by atoms with E-state index in [1.165, 1.54) is 37.0 Å². The first-order valence-corrected chi connectivity index (χ1v) is 18.9. The molecule has 2 N–H and O–H groups in total. The third-order valence-electron chi connectivity index (χ3n) is 8.60. The molecule has 0 aliphatic heterocycles. The Morgan fingerprint density at radius 1 is 1.02 bits per heavy atom. The predicted molar refractivity (Wildman–Crippen MR) is 199 cm³/mol. The van der Waals surface area contributed by atoms with Crippen molar-refractivity contribution in [2.24, 2.45) is 7.05 Å². The SMILES string of the molecule is COc1ccc(CN(c2nn(C)c3c(-n4c([C@H](Cc5cc(F)cc(F)c5)NC(=O)O)nc5nc(OCCC(F)(F)F)ccc5c4=O)ccc(Cl)c23)S(C)(=O)=O)cc1. The lowest BCUT2D eigenvalue weighted by atomic mass is 10.0. The summed E-state index contributed by atoms with van der Waals surface area (Å²) in [4.78, 5) is 35.4. The van der Waals surface area contributed by atoms with E-state index in [9.17, 15) is 45.1 Å². The van der Waals surface area contributed by atoms with Crippen molar-refractivity contribution in [3.8, 4) is 17.3 Å². The fourth-order valence-corrected chi connectivity index (χ4v) is 7.21. The average Bonchev–Trinajstić information content (AvgIpc) is 3.46. The summed E-state index contributed by atoms with van der Waals surface area (Å²) < 4.78 is 107. The van der Waals surface area contributed by atoms with Crippen molar-refractivity contribution in [1.82, 2.24) is 29.6 Å². The molecule has 0 aliphatic carbocycles. The molecule has 57 heavy (non-hydrogen) atoms. The number of amides is 1. The number of pyridine rings is 1. The Kier molecular flexibility index (Phi) is 11.3. The molecule has 0 spiro atoms. The second-order valence-corrected chi connectivity index (χ2v) is 15.0. The number of benzene rings is 3. The highest BCUT2D eigenvalue weighted by atomic mass is 35.5. The van der Waals surface area contributed by atoms with E-state index in [0.717, 1.165) is 33.3 Å². The van der Waals surface area contributed by atoms with Crippen LogP contribution in [0.3, 0.4) is 0 Å². The maximum atomic E-state index is 14.6. The number of fused-ring (bicyclic) bond motifs is 2. The standard InChI is InChI=1S/C36H31ClF5N7O7S/c1-47-30-27(10-9-25(37)29(30)33(46-47)48(57(3,53)54)18-19-4-6-23(55-2)7-5-19)49-32(26(43-35(51)52)16-20-14-21(38)17-22(39)15-20)45-31-24(34(49)50)8-11-28(44-31)56-13-12-36(40,41)42/h4-11,14-15,17,26,43H,12-13,16,18H2,1-3H3,(H,51,52)/t26-/m0/s1. The van der Waals surface area contributed by atoms with Crippen LogP contribution in [0.1, 0.15) is 29.4 Å². The van der Waals surface area contributed by atoms with E-state index in [1.807, 2.05) is 0 Å². The molecule has 0 bridgehead atoms. The Morgan fingerprint density at radius 2 is 1.70 bits per heavy atom. The summed E-state index contributed by atoms with van der Waals surface area (Å²) in [6, 6.07) is 12.6. The normalized spacial score (nSPS) is 12.5. The zero-order valence-corrected chi connectivity index (χ0v) is 31.6. The van der Waals surface area contributed by atoms with Gasteiger partial charge in [-0.25, -0.2) is 31.3 Å². The van der Waals surface area contributed by atoms with Gasteiger partial charge in [0.05, 0.1) is 66.0 Å². The van der Waals surface area contributed by atoms with E-state index in [0.29, 0.717) is 17.4 Å². The number of hydrogen-bond acceptors (Lipinski definition) is 9. The summed E-state index contributed by atoms with van der Waals surface area (Å²) in [7, 11) is -1.14. The van der Waals surface area contributed by atoms with Crippen molar-refractivity contribution in [2.45, 2.75) is 31.6 Å². The Morgan fingerprint density at radius 3 is 2.32 bits per heavy atom. The minimum absolute atomic E-state index is 0.0151. The van der Waals surface area contributed by atoms with E-state index >= 15 is 0 Å². The number of nitrogens with zero attached hydrogens (tertiary/aromatic N) is 6. The molecule has 3 aromatic carbocycles. The van der Waals surface area contributed by atoms with E-state index < -0.39 is 65.0 Å². The number of carbonyl (C=O) groups is 1. The Hall–Kier alpha value is -6.02. The fraction of sp³-hybridized carbons (Fsp3) is 0.250. The van der Waals surface area contributed by atoms with E-state index in [4.69, 9.17) is 21.1 Å². The number of carboxylic acid groups (broad SMARTS) is 1. The first kappa shape index (κ1) is 40.6. The van der Waals surface area contributed by atoms with Gasteiger partial charge in [-0.2, -0.15) is 23.3 Å². The molecule has 1 amide bonds. The van der Waals surface area contributed by atoms with Crippen LogP contribution in [-0.4, -0.2) is 70.1 Å². The van der Waals surface area contributed by atoms with Gasteiger partial charge in [-0.15, -0.1) is 0 Å². The van der Waals surface area contributed by atoms with Crippen molar-refractivity contribution >= 4 is 55.5 Å². The van der Waals surface area contributed by atoms with Crippen LogP contribution in [0.4, 0.5) is 32.6 Å². The highest BCUT2D eigenvalue weighted by Crippen LogP contribution is 2.38. The molecule has 0 aliphatic rings. The molecule has 3 aromatic heterocycles. The summed E-state index contributed by atoms with van der Waals surface area (Å²) in [5.74, 6) is -2.26. The van der Waals surface area contributed by atoms with Crippen LogP contribution in [-0.2, 0) is 30.0 Å². The van der Waals surface area contributed by atoms with Gasteiger partial charge in [0, 0.05) is 25.6 Å². The first-order valence-electron chi connectivity index (χ1n) is 16.7. The molecule has 0 radical (unpaired) electrons. The van der Waals surface area contributed by atoms with Crippen LogP contribution in [0.5, 0.6) is 11.6 Å². The number of methoxy groups -OCH3 is 1. The maximum absolute atomic E-state index is 14.6. The molecule has 1 atom stereocenters. The topological polar surface area (TPSA) is 171 Å². The van der Waals surface area contributed by atoms with Gasteiger partial charge in [0.1, 0.15) is 23.2 Å². The molecular weight excluding hydrogens is 805 g/mol. The monoisotopic (exact) mass is 835 g/mol. The highest BCUT2D eigenvalue weighted by molar-refractivity contribution is 7.92. The number of nitrogens with one attached hydrogen (secondary N) is 1. The lowest BCUT2D eigenvalue weighted by molar-refractivity contribution is -0.139. The van der Waals surface area contributed by atoms with Crippen LogP contribution in [0, 0.1) is 11.6 Å². The molecular formula is C36H31ClF5N7O7S.